The molecule has 0 aliphatic heterocycles. The van der Waals surface area contributed by atoms with Crippen molar-refractivity contribution in [1.29, 1.82) is 0 Å². The van der Waals surface area contributed by atoms with Crippen molar-refractivity contribution < 1.29 is 19.1 Å². The highest BCUT2D eigenvalue weighted by Crippen LogP contribution is 2.49. The van der Waals surface area contributed by atoms with E-state index in [4.69, 9.17) is 9.47 Å². The van der Waals surface area contributed by atoms with E-state index in [1.54, 1.807) is 7.11 Å². The van der Waals surface area contributed by atoms with Crippen molar-refractivity contribution in [1.82, 2.24) is 10.6 Å². The van der Waals surface area contributed by atoms with Crippen LogP contribution in [-0.4, -0.2) is 44.6 Å². The molecule has 346 valence electrons. The topological polar surface area (TPSA) is 76.7 Å². The lowest BCUT2D eigenvalue weighted by Gasteiger charge is -2.35. The molecule has 0 unspecified atom stereocenters. The van der Waals surface area contributed by atoms with Crippen LogP contribution in [0, 0.1) is 0 Å². The smallest absolute Gasteiger partial charge is 0.407 e. The van der Waals surface area contributed by atoms with Gasteiger partial charge in [-0.2, -0.15) is 0 Å². The zero-order valence-electron chi connectivity index (χ0n) is 39.6. The highest BCUT2D eigenvalue weighted by Gasteiger charge is 2.37. The first-order valence-electron chi connectivity index (χ1n) is 24.3. The monoisotopic (exact) mass is 895 g/mol. The Morgan fingerprint density at radius 2 is 1.09 bits per heavy atom. The van der Waals surface area contributed by atoms with E-state index in [2.05, 4.69) is 159 Å². The molecule has 0 saturated carbocycles. The molecule has 1 aliphatic carbocycles. The SMILES string of the molecule is C/C=C(/C)CCC.COc1ccc(C(SCCCCCCCCCCC(=O)NCCCCCNC(=O)OCC2c3ccccc3-c3ccccc32)(c2ccccc2)c2ccccc2)cc1. The fourth-order valence-electron chi connectivity index (χ4n) is 8.72. The second-order valence-electron chi connectivity index (χ2n) is 17.1. The molecular formula is C58H74N2O4S. The molecule has 0 atom stereocenters. The number of thioether (sulfide) groups is 1. The maximum atomic E-state index is 12.4. The third kappa shape index (κ3) is 15.7. The molecule has 2 N–H and O–H groups in total. The van der Waals surface area contributed by atoms with Gasteiger partial charge in [-0.25, -0.2) is 4.79 Å². The number of hydrogen-bond donors (Lipinski definition) is 2. The van der Waals surface area contributed by atoms with E-state index in [1.165, 1.54) is 95.9 Å². The van der Waals surface area contributed by atoms with Crippen LogP contribution in [0.5, 0.6) is 5.75 Å². The summed E-state index contributed by atoms with van der Waals surface area (Å²) in [6.45, 7) is 8.03. The zero-order valence-corrected chi connectivity index (χ0v) is 40.4. The largest absolute Gasteiger partial charge is 0.497 e. The minimum Gasteiger partial charge on any atom is -0.497 e. The summed E-state index contributed by atoms with van der Waals surface area (Å²) < 4.78 is 10.8. The highest BCUT2D eigenvalue weighted by molar-refractivity contribution is 8.00. The van der Waals surface area contributed by atoms with Gasteiger partial charge in [-0.3, -0.25) is 4.79 Å². The molecule has 65 heavy (non-hydrogen) atoms. The highest BCUT2D eigenvalue weighted by atomic mass is 32.2. The summed E-state index contributed by atoms with van der Waals surface area (Å²) >= 11 is 2.03. The quantitative estimate of drug-likeness (QED) is 0.0328. The summed E-state index contributed by atoms with van der Waals surface area (Å²) in [4.78, 5) is 24.8. The Labute approximate surface area is 395 Å². The predicted octanol–water partition coefficient (Wildman–Crippen LogP) is 14.8. The van der Waals surface area contributed by atoms with Gasteiger partial charge < -0.3 is 20.1 Å². The van der Waals surface area contributed by atoms with Gasteiger partial charge in [0.25, 0.3) is 0 Å². The van der Waals surface area contributed by atoms with E-state index in [0.717, 1.165) is 43.6 Å². The Bertz CT molecular complexity index is 2070. The van der Waals surface area contributed by atoms with Gasteiger partial charge in [0.05, 0.1) is 11.9 Å². The lowest BCUT2D eigenvalue weighted by Crippen LogP contribution is -2.27. The molecule has 6 nitrogen and oxygen atoms in total. The van der Waals surface area contributed by atoms with Gasteiger partial charge in [0.1, 0.15) is 12.4 Å². The summed E-state index contributed by atoms with van der Waals surface area (Å²) in [6.07, 6.45) is 17.0. The number of fused-ring (bicyclic) bond motifs is 3. The van der Waals surface area contributed by atoms with Gasteiger partial charge in [0.2, 0.25) is 5.91 Å². The molecule has 0 saturated heterocycles. The summed E-state index contributed by atoms with van der Waals surface area (Å²) in [6, 6.07) is 47.1. The summed E-state index contributed by atoms with van der Waals surface area (Å²) in [5.41, 5.74) is 10.2. The number of alkyl carbamates (subject to hydrolysis) is 1. The Kier molecular flexibility index (Phi) is 22.3. The van der Waals surface area contributed by atoms with E-state index in [0.29, 0.717) is 26.1 Å². The molecule has 6 rings (SSSR count). The zero-order chi connectivity index (χ0) is 46.0. The molecule has 1 aliphatic rings. The minimum atomic E-state index is -0.375. The van der Waals surface area contributed by atoms with Crippen molar-refractivity contribution >= 4 is 23.8 Å². The number of rotatable bonds is 26. The molecule has 0 aromatic heterocycles. The normalized spacial score (nSPS) is 12.1. The lowest BCUT2D eigenvalue weighted by molar-refractivity contribution is -0.121. The molecule has 5 aromatic carbocycles. The molecule has 0 bridgehead atoms. The summed E-state index contributed by atoms with van der Waals surface area (Å²) in [5.74, 6) is 2.15. The molecule has 0 heterocycles. The maximum absolute atomic E-state index is 12.4. The predicted molar refractivity (Wildman–Crippen MR) is 274 cm³/mol. The Morgan fingerprint density at radius 1 is 0.600 bits per heavy atom. The van der Waals surface area contributed by atoms with Crippen LogP contribution in [0.3, 0.4) is 0 Å². The van der Waals surface area contributed by atoms with Crippen LogP contribution in [0.15, 0.2) is 145 Å². The molecule has 0 spiro atoms. The van der Waals surface area contributed by atoms with E-state index >= 15 is 0 Å². The maximum Gasteiger partial charge on any atom is 0.407 e. The van der Waals surface area contributed by atoms with Crippen LogP contribution >= 0.6 is 11.8 Å². The van der Waals surface area contributed by atoms with Gasteiger partial charge in [-0.05, 0) is 109 Å². The Balaban J connectivity index is 0.00000105. The fourth-order valence-corrected chi connectivity index (χ4v) is 10.3. The second kappa shape index (κ2) is 28.6. The Morgan fingerprint density at radius 3 is 1.63 bits per heavy atom. The number of carbonyl (C=O) groups is 2. The standard InChI is InChI=1S/C51H60N2O4S.C7H14/c1-56-43-34-32-42(33-35-43)51(40-23-11-8-12-24-40,41-25-13-9-14-26-41)58-38-22-7-5-3-2-4-6-15-31-49(54)52-36-20-10-21-37-53-50(55)57-39-48-46-29-18-16-27-44(46)45-28-17-19-30-47(45)48;1-4-6-7(3)5-2/h8-9,11-14,16-19,23-30,32-35,48H,2-7,10,15,20-22,31,36-39H2,1H3,(H,52,54)(H,53,55);5H,4,6H2,1-3H3/b;7-5-. The van der Waals surface area contributed by atoms with Crippen LogP contribution in [0.25, 0.3) is 11.1 Å². The van der Waals surface area contributed by atoms with Crippen molar-refractivity contribution in [2.75, 3.05) is 32.6 Å². The third-order valence-corrected chi connectivity index (χ3v) is 14.0. The number of amides is 2. The molecule has 5 aromatic rings. The van der Waals surface area contributed by atoms with Gasteiger partial charge in [0.15, 0.2) is 0 Å². The van der Waals surface area contributed by atoms with Crippen LogP contribution in [0.2, 0.25) is 0 Å². The van der Waals surface area contributed by atoms with E-state index in [9.17, 15) is 9.59 Å². The van der Waals surface area contributed by atoms with Crippen molar-refractivity contribution in [3.05, 3.63) is 173 Å². The van der Waals surface area contributed by atoms with Gasteiger partial charge >= 0.3 is 6.09 Å². The van der Waals surface area contributed by atoms with Crippen molar-refractivity contribution in [2.24, 2.45) is 0 Å². The number of benzene rings is 5. The van der Waals surface area contributed by atoms with E-state index < -0.39 is 0 Å². The Hall–Kier alpha value is -5.27. The van der Waals surface area contributed by atoms with E-state index in [1.807, 2.05) is 23.9 Å². The second-order valence-corrected chi connectivity index (χ2v) is 18.4. The minimum absolute atomic E-state index is 0.0629. The molecule has 0 radical (unpaired) electrons. The molecular weight excluding hydrogens is 821 g/mol. The number of hydrogen-bond acceptors (Lipinski definition) is 5. The number of carbonyl (C=O) groups excluding carboxylic acids is 2. The van der Waals surface area contributed by atoms with Crippen molar-refractivity contribution in [3.8, 4) is 16.9 Å². The van der Waals surface area contributed by atoms with Crippen molar-refractivity contribution in [3.63, 3.8) is 0 Å². The lowest BCUT2D eigenvalue weighted by atomic mass is 9.84. The van der Waals surface area contributed by atoms with Crippen LogP contribution in [0.4, 0.5) is 4.79 Å². The number of allylic oxidation sites excluding steroid dienone is 2. The third-order valence-electron chi connectivity index (χ3n) is 12.4. The number of ether oxygens (including phenoxy) is 2. The molecule has 0 fully saturated rings. The number of methoxy groups -OCH3 is 1. The van der Waals surface area contributed by atoms with Crippen LogP contribution in [0.1, 0.15) is 144 Å². The average molecular weight is 895 g/mol. The number of nitrogens with one attached hydrogen (secondary N) is 2. The van der Waals surface area contributed by atoms with Crippen molar-refractivity contribution in [2.45, 2.75) is 121 Å². The van der Waals surface area contributed by atoms with Gasteiger partial charge in [-0.15, -0.1) is 11.8 Å². The molecule has 2 amide bonds. The van der Waals surface area contributed by atoms with Crippen LogP contribution in [-0.2, 0) is 14.3 Å². The first-order chi connectivity index (χ1) is 31.9. The first-order valence-corrected chi connectivity index (χ1v) is 25.3. The van der Waals surface area contributed by atoms with E-state index in [-0.39, 0.29) is 22.7 Å². The van der Waals surface area contributed by atoms with Gasteiger partial charge in [-0.1, -0.05) is 185 Å². The summed E-state index contributed by atoms with van der Waals surface area (Å²) in [5, 5.41) is 5.96. The fraction of sp³-hybridized carbons (Fsp3) is 0.414. The first kappa shape index (κ1) is 50.7. The molecule has 7 heteroatoms. The number of unbranched alkanes of at least 4 members (excludes halogenated alkanes) is 9. The van der Waals surface area contributed by atoms with Gasteiger partial charge in [0, 0.05) is 25.4 Å². The van der Waals surface area contributed by atoms with Crippen LogP contribution < -0.4 is 15.4 Å². The summed E-state index contributed by atoms with van der Waals surface area (Å²) in [7, 11) is 1.72. The average Bonchev–Trinajstić information content (AvgIpc) is 3.67.